The van der Waals surface area contributed by atoms with E-state index in [2.05, 4.69) is 25.7 Å². The summed E-state index contributed by atoms with van der Waals surface area (Å²) < 4.78 is 39.5. The van der Waals surface area contributed by atoms with Crippen molar-refractivity contribution in [2.24, 2.45) is 0 Å². The van der Waals surface area contributed by atoms with Crippen LogP contribution < -0.4 is 4.74 Å². The van der Waals surface area contributed by atoms with E-state index < -0.39 is 23.4 Å². The van der Waals surface area contributed by atoms with Crippen LogP contribution in [-0.2, 0) is 5.33 Å². The lowest BCUT2D eigenvalue weighted by Crippen LogP contribution is -2.18. The lowest BCUT2D eigenvalue weighted by atomic mass is 10.2. The molecular formula is C8H5BrF3NO3. The Morgan fingerprint density at radius 3 is 2.62 bits per heavy atom. The van der Waals surface area contributed by atoms with Gasteiger partial charge in [0.25, 0.3) is 0 Å². The molecule has 0 spiro atoms. The van der Waals surface area contributed by atoms with Crippen molar-refractivity contribution in [3.8, 4) is 11.5 Å². The smallest absolute Gasteiger partial charge is 0.503 e. The van der Waals surface area contributed by atoms with E-state index in [9.17, 15) is 23.1 Å². The van der Waals surface area contributed by atoms with Gasteiger partial charge in [-0.3, -0.25) is 9.78 Å². The highest BCUT2D eigenvalue weighted by Crippen LogP contribution is 2.36. The number of hydrogen-bond donors (Lipinski definition) is 1. The van der Waals surface area contributed by atoms with Crippen LogP contribution in [0.1, 0.15) is 16.1 Å². The number of carbonyl (C=O) groups is 1. The van der Waals surface area contributed by atoms with Crippen molar-refractivity contribution in [1.29, 1.82) is 0 Å². The zero-order valence-electron chi connectivity index (χ0n) is 7.58. The van der Waals surface area contributed by atoms with Gasteiger partial charge < -0.3 is 9.84 Å². The van der Waals surface area contributed by atoms with Crippen molar-refractivity contribution < 1.29 is 27.8 Å². The van der Waals surface area contributed by atoms with Crippen LogP contribution in [0, 0.1) is 0 Å². The number of rotatable bonds is 3. The van der Waals surface area contributed by atoms with Gasteiger partial charge in [0.05, 0.1) is 11.3 Å². The molecule has 1 N–H and O–H groups in total. The van der Waals surface area contributed by atoms with Gasteiger partial charge >= 0.3 is 6.36 Å². The molecule has 0 saturated carbocycles. The molecule has 0 aliphatic heterocycles. The minimum absolute atomic E-state index is 0.0339. The number of aromatic hydroxyl groups is 1. The Kier molecular flexibility index (Phi) is 3.74. The van der Waals surface area contributed by atoms with Crippen LogP contribution >= 0.6 is 15.9 Å². The number of alkyl halides is 4. The molecule has 0 atom stereocenters. The molecule has 0 aliphatic rings. The van der Waals surface area contributed by atoms with Gasteiger partial charge in [0.1, 0.15) is 0 Å². The largest absolute Gasteiger partial charge is 0.573 e. The first kappa shape index (κ1) is 12.8. The topological polar surface area (TPSA) is 59.4 Å². The number of aromatic nitrogens is 1. The Hall–Kier alpha value is -1.31. The summed E-state index contributed by atoms with van der Waals surface area (Å²) in [5.41, 5.74) is -0.524. The number of carbonyl (C=O) groups excluding carboxylic acids is 1. The number of hydrogen-bond acceptors (Lipinski definition) is 4. The minimum Gasteiger partial charge on any atom is -0.503 e. The van der Waals surface area contributed by atoms with Crippen molar-refractivity contribution in [3.05, 3.63) is 17.5 Å². The van der Waals surface area contributed by atoms with E-state index in [1.165, 1.54) is 0 Å². The van der Waals surface area contributed by atoms with E-state index in [1.54, 1.807) is 0 Å². The van der Waals surface area contributed by atoms with E-state index >= 15 is 0 Å². The van der Waals surface area contributed by atoms with E-state index in [-0.39, 0.29) is 17.3 Å². The van der Waals surface area contributed by atoms with Gasteiger partial charge in [-0.15, -0.1) is 13.2 Å². The van der Waals surface area contributed by atoms with Crippen molar-refractivity contribution >= 4 is 22.2 Å². The summed E-state index contributed by atoms with van der Waals surface area (Å²) in [5.74, 6) is -1.74. The summed E-state index contributed by atoms with van der Waals surface area (Å²) in [6, 6.07) is 0. The molecule has 1 heterocycles. The Morgan fingerprint density at radius 1 is 1.56 bits per heavy atom. The zero-order valence-corrected chi connectivity index (χ0v) is 9.17. The molecule has 1 aromatic rings. The minimum atomic E-state index is -4.99. The van der Waals surface area contributed by atoms with Gasteiger partial charge in [-0.05, 0) is 0 Å². The second kappa shape index (κ2) is 4.69. The Labute approximate surface area is 96.2 Å². The maximum Gasteiger partial charge on any atom is 0.573 e. The van der Waals surface area contributed by atoms with Gasteiger partial charge in [-0.1, -0.05) is 15.9 Å². The van der Waals surface area contributed by atoms with E-state index in [1.807, 2.05) is 0 Å². The lowest BCUT2D eigenvalue weighted by molar-refractivity contribution is -0.275. The molecule has 88 valence electrons. The molecule has 0 saturated heterocycles. The summed E-state index contributed by atoms with van der Waals surface area (Å²) >= 11 is 2.92. The van der Waals surface area contributed by atoms with Crippen LogP contribution in [0.25, 0.3) is 0 Å². The number of nitrogens with zero attached hydrogens (tertiary/aromatic N) is 1. The molecule has 0 bridgehead atoms. The molecule has 0 fully saturated rings. The van der Waals surface area contributed by atoms with Gasteiger partial charge in [0.2, 0.25) is 0 Å². The molecule has 0 unspecified atom stereocenters. The fourth-order valence-electron chi connectivity index (χ4n) is 0.940. The predicted molar refractivity (Wildman–Crippen MR) is 50.6 cm³/mol. The molecule has 0 aromatic carbocycles. The molecule has 1 aromatic heterocycles. The molecular weight excluding hydrogens is 295 g/mol. The number of halogens is 4. The zero-order chi connectivity index (χ0) is 12.3. The third-order valence-corrected chi connectivity index (χ3v) is 2.11. The standard InChI is InChI=1S/C8H5BrF3NO3/c9-1-5-6(15)7(16-8(10,11)12)4(3-14)2-13-5/h2-3,15H,1H2. The van der Waals surface area contributed by atoms with Gasteiger partial charge in [-0.2, -0.15) is 0 Å². The van der Waals surface area contributed by atoms with Crippen molar-refractivity contribution in [2.45, 2.75) is 11.7 Å². The molecule has 4 nitrogen and oxygen atoms in total. The molecule has 0 amide bonds. The summed E-state index contributed by atoms with van der Waals surface area (Å²) in [6.45, 7) is 0. The summed E-state index contributed by atoms with van der Waals surface area (Å²) in [6.07, 6.45) is -3.98. The van der Waals surface area contributed by atoms with E-state index in [0.29, 0.717) is 0 Å². The van der Waals surface area contributed by atoms with Gasteiger partial charge in [-0.25, -0.2) is 0 Å². The second-order valence-electron chi connectivity index (χ2n) is 2.64. The first-order chi connectivity index (χ1) is 7.39. The number of aldehydes is 1. The predicted octanol–water partition coefficient (Wildman–Crippen LogP) is 2.39. The number of pyridine rings is 1. The summed E-state index contributed by atoms with van der Waals surface area (Å²) in [7, 11) is 0. The monoisotopic (exact) mass is 299 g/mol. The van der Waals surface area contributed by atoms with Crippen LogP contribution in [0.3, 0.4) is 0 Å². The van der Waals surface area contributed by atoms with Crippen molar-refractivity contribution in [3.63, 3.8) is 0 Å². The third-order valence-electron chi connectivity index (χ3n) is 1.58. The fraction of sp³-hybridized carbons (Fsp3) is 0.250. The summed E-state index contributed by atoms with van der Waals surface area (Å²) in [4.78, 5) is 14.0. The Morgan fingerprint density at radius 2 is 2.19 bits per heavy atom. The lowest BCUT2D eigenvalue weighted by Gasteiger charge is -2.13. The van der Waals surface area contributed by atoms with E-state index in [0.717, 1.165) is 6.20 Å². The third kappa shape index (κ3) is 2.84. The Balaban J connectivity index is 3.26. The first-order valence-corrected chi connectivity index (χ1v) is 4.99. The highest BCUT2D eigenvalue weighted by atomic mass is 79.9. The highest BCUT2D eigenvalue weighted by molar-refractivity contribution is 9.08. The quantitative estimate of drug-likeness (QED) is 0.688. The molecule has 16 heavy (non-hydrogen) atoms. The normalized spacial score (nSPS) is 11.2. The number of ether oxygens (including phenoxy) is 1. The van der Waals surface area contributed by atoms with Crippen LogP contribution in [0.4, 0.5) is 13.2 Å². The first-order valence-electron chi connectivity index (χ1n) is 3.86. The van der Waals surface area contributed by atoms with Crippen LogP contribution in [0.2, 0.25) is 0 Å². The fourth-order valence-corrected chi connectivity index (χ4v) is 1.35. The average molecular weight is 300 g/mol. The Bertz CT molecular complexity index is 408. The van der Waals surface area contributed by atoms with Crippen LogP contribution in [-0.4, -0.2) is 22.7 Å². The van der Waals surface area contributed by atoms with Gasteiger partial charge in [0, 0.05) is 11.5 Å². The molecule has 0 aliphatic carbocycles. The van der Waals surface area contributed by atoms with Crippen molar-refractivity contribution in [2.75, 3.05) is 0 Å². The summed E-state index contributed by atoms with van der Waals surface area (Å²) in [5, 5.41) is 9.42. The SMILES string of the molecule is O=Cc1cnc(CBr)c(O)c1OC(F)(F)F. The second-order valence-corrected chi connectivity index (χ2v) is 3.20. The average Bonchev–Trinajstić information content (AvgIpc) is 2.19. The molecule has 8 heteroatoms. The maximum absolute atomic E-state index is 12.0. The van der Waals surface area contributed by atoms with Crippen LogP contribution in [0.15, 0.2) is 6.20 Å². The van der Waals surface area contributed by atoms with Crippen molar-refractivity contribution in [1.82, 2.24) is 4.98 Å². The van der Waals surface area contributed by atoms with Gasteiger partial charge in [0.15, 0.2) is 17.8 Å². The highest BCUT2D eigenvalue weighted by Gasteiger charge is 2.34. The molecule has 0 radical (unpaired) electrons. The van der Waals surface area contributed by atoms with E-state index in [4.69, 9.17) is 0 Å². The molecule has 1 rings (SSSR count). The van der Waals surface area contributed by atoms with Crippen LogP contribution in [0.5, 0.6) is 11.5 Å². The maximum atomic E-state index is 12.0.